The van der Waals surface area contributed by atoms with Crippen LogP contribution in [0.4, 0.5) is 0 Å². The molecule has 0 aromatic carbocycles. The van der Waals surface area contributed by atoms with E-state index in [1.54, 1.807) is 25.1 Å². The summed E-state index contributed by atoms with van der Waals surface area (Å²) in [6.45, 7) is 6.61. The zero-order valence-electron chi connectivity index (χ0n) is 10.6. The molecule has 1 fully saturated rings. The molecule has 1 saturated heterocycles. The van der Waals surface area contributed by atoms with Gasteiger partial charge in [-0.15, -0.1) is 0 Å². The summed E-state index contributed by atoms with van der Waals surface area (Å²) in [6, 6.07) is 0.174. The first-order valence-electron chi connectivity index (χ1n) is 6.02. The molecule has 0 aromatic rings. The number of nitrogens with two attached hydrogens (primary N) is 1. The zero-order chi connectivity index (χ0) is 12.4. The maximum Gasteiger partial charge on any atom is 0.219 e. The molecule has 1 rings (SSSR count). The van der Waals surface area contributed by atoms with E-state index in [1.807, 2.05) is 0 Å². The molecule has 2 N–H and O–H groups in total. The smallest absolute Gasteiger partial charge is 0.219 e. The van der Waals surface area contributed by atoms with Crippen molar-refractivity contribution in [2.24, 2.45) is 5.73 Å². The Morgan fingerprint density at radius 1 is 1.38 bits per heavy atom. The fourth-order valence-corrected chi connectivity index (χ4v) is 3.80. The summed E-state index contributed by atoms with van der Waals surface area (Å²) in [4.78, 5) is 0. The van der Waals surface area contributed by atoms with Crippen molar-refractivity contribution < 1.29 is 8.42 Å². The molecule has 5 heteroatoms. The van der Waals surface area contributed by atoms with Crippen LogP contribution < -0.4 is 5.73 Å². The monoisotopic (exact) mass is 248 g/mol. The summed E-state index contributed by atoms with van der Waals surface area (Å²) >= 11 is 0. The van der Waals surface area contributed by atoms with Crippen LogP contribution in [0.1, 0.15) is 46.5 Å². The van der Waals surface area contributed by atoms with Crippen molar-refractivity contribution in [2.45, 2.75) is 57.2 Å². The Morgan fingerprint density at radius 3 is 2.50 bits per heavy atom. The van der Waals surface area contributed by atoms with Gasteiger partial charge in [0.2, 0.25) is 10.0 Å². The third kappa shape index (κ3) is 2.76. The summed E-state index contributed by atoms with van der Waals surface area (Å²) < 4.78 is 25.6. The second-order valence-corrected chi connectivity index (χ2v) is 8.10. The van der Waals surface area contributed by atoms with E-state index < -0.39 is 14.8 Å². The molecule has 96 valence electrons. The predicted octanol–water partition coefficient (Wildman–Crippen LogP) is 1.32. The Hall–Kier alpha value is -0.130. The van der Waals surface area contributed by atoms with E-state index in [9.17, 15) is 8.42 Å². The fourth-order valence-electron chi connectivity index (χ4n) is 2.12. The maximum absolute atomic E-state index is 12.3. The number of hydrogen-bond acceptors (Lipinski definition) is 3. The average Bonchev–Trinajstić information content (AvgIpc) is 2.61. The highest BCUT2D eigenvalue weighted by atomic mass is 32.2. The van der Waals surface area contributed by atoms with Gasteiger partial charge in [-0.1, -0.05) is 0 Å². The van der Waals surface area contributed by atoms with E-state index in [1.165, 1.54) is 0 Å². The lowest BCUT2D eigenvalue weighted by atomic mass is 10.1. The largest absolute Gasteiger partial charge is 0.330 e. The second kappa shape index (κ2) is 5.02. The minimum atomic E-state index is -3.16. The number of sulfonamides is 1. The molecule has 0 radical (unpaired) electrons. The van der Waals surface area contributed by atoms with Gasteiger partial charge in [0.1, 0.15) is 0 Å². The Kier molecular flexibility index (Phi) is 4.37. The SMILES string of the molecule is CC(C)(C)S(=O)(=O)N1CCCC1CCCN. The highest BCUT2D eigenvalue weighted by Crippen LogP contribution is 2.30. The van der Waals surface area contributed by atoms with Crippen molar-refractivity contribution in [3.05, 3.63) is 0 Å². The Labute approximate surface area is 99.2 Å². The van der Waals surface area contributed by atoms with E-state index in [-0.39, 0.29) is 6.04 Å². The first-order valence-corrected chi connectivity index (χ1v) is 7.46. The van der Waals surface area contributed by atoms with E-state index in [0.717, 1.165) is 25.7 Å². The lowest BCUT2D eigenvalue weighted by Gasteiger charge is -2.31. The summed E-state index contributed by atoms with van der Waals surface area (Å²) in [6.07, 6.45) is 3.76. The van der Waals surface area contributed by atoms with E-state index >= 15 is 0 Å². The Morgan fingerprint density at radius 2 is 2.00 bits per heavy atom. The molecular weight excluding hydrogens is 224 g/mol. The lowest BCUT2D eigenvalue weighted by molar-refractivity contribution is 0.354. The van der Waals surface area contributed by atoms with Crippen LogP contribution in [0.3, 0.4) is 0 Å². The van der Waals surface area contributed by atoms with E-state index in [4.69, 9.17) is 5.73 Å². The van der Waals surface area contributed by atoms with Gasteiger partial charge in [0.15, 0.2) is 0 Å². The van der Waals surface area contributed by atoms with Gasteiger partial charge >= 0.3 is 0 Å². The predicted molar refractivity (Wildman–Crippen MR) is 66.7 cm³/mol. The van der Waals surface area contributed by atoms with Crippen molar-refractivity contribution >= 4 is 10.0 Å². The fraction of sp³-hybridized carbons (Fsp3) is 1.00. The van der Waals surface area contributed by atoms with Gasteiger partial charge in [-0.25, -0.2) is 8.42 Å². The van der Waals surface area contributed by atoms with Gasteiger partial charge in [0.05, 0.1) is 4.75 Å². The van der Waals surface area contributed by atoms with Gasteiger partial charge in [-0.3, -0.25) is 0 Å². The van der Waals surface area contributed by atoms with Crippen molar-refractivity contribution in [1.29, 1.82) is 0 Å². The van der Waals surface area contributed by atoms with Gasteiger partial charge in [-0.05, 0) is 53.0 Å². The van der Waals surface area contributed by atoms with Crippen molar-refractivity contribution in [1.82, 2.24) is 4.31 Å². The lowest BCUT2D eigenvalue weighted by Crippen LogP contribution is -2.45. The van der Waals surface area contributed by atoms with Crippen LogP contribution in [-0.4, -0.2) is 36.6 Å². The highest BCUT2D eigenvalue weighted by Gasteiger charge is 2.40. The molecule has 0 bridgehead atoms. The zero-order valence-corrected chi connectivity index (χ0v) is 11.4. The number of nitrogens with zero attached hydrogens (tertiary/aromatic N) is 1. The molecule has 16 heavy (non-hydrogen) atoms. The molecule has 0 aliphatic carbocycles. The molecule has 0 aromatic heterocycles. The first kappa shape index (κ1) is 13.9. The van der Waals surface area contributed by atoms with Crippen LogP contribution in [0.15, 0.2) is 0 Å². The molecule has 0 amide bonds. The van der Waals surface area contributed by atoms with Gasteiger partial charge in [-0.2, -0.15) is 4.31 Å². The Bertz CT molecular complexity index is 319. The van der Waals surface area contributed by atoms with Crippen LogP contribution in [0.25, 0.3) is 0 Å². The minimum Gasteiger partial charge on any atom is -0.330 e. The summed E-state index contributed by atoms with van der Waals surface area (Å²) in [5.41, 5.74) is 5.48. The van der Waals surface area contributed by atoms with Crippen molar-refractivity contribution in [2.75, 3.05) is 13.1 Å². The van der Waals surface area contributed by atoms with Crippen molar-refractivity contribution in [3.63, 3.8) is 0 Å². The summed E-state index contributed by atoms with van der Waals surface area (Å²) in [7, 11) is -3.16. The third-order valence-electron chi connectivity index (χ3n) is 3.15. The summed E-state index contributed by atoms with van der Waals surface area (Å²) in [5, 5.41) is 0. The van der Waals surface area contributed by atoms with E-state index in [2.05, 4.69) is 0 Å². The van der Waals surface area contributed by atoms with Crippen LogP contribution >= 0.6 is 0 Å². The first-order chi connectivity index (χ1) is 7.30. The van der Waals surface area contributed by atoms with Crippen LogP contribution in [0.2, 0.25) is 0 Å². The molecule has 1 atom stereocenters. The summed E-state index contributed by atoms with van der Waals surface area (Å²) in [5.74, 6) is 0. The molecule has 1 heterocycles. The van der Waals surface area contributed by atoms with Gasteiger partial charge < -0.3 is 5.73 Å². The van der Waals surface area contributed by atoms with Crippen LogP contribution in [0, 0.1) is 0 Å². The maximum atomic E-state index is 12.3. The number of rotatable bonds is 4. The van der Waals surface area contributed by atoms with Crippen LogP contribution in [-0.2, 0) is 10.0 Å². The molecule has 0 saturated carbocycles. The molecule has 4 nitrogen and oxygen atoms in total. The molecule has 1 aliphatic heterocycles. The topological polar surface area (TPSA) is 63.4 Å². The quantitative estimate of drug-likeness (QED) is 0.816. The minimum absolute atomic E-state index is 0.174. The molecule has 1 aliphatic rings. The standard InChI is InChI=1S/C11H24N2O2S/c1-11(2,3)16(14,15)13-9-5-7-10(13)6-4-8-12/h10H,4-9,12H2,1-3H3. The van der Waals surface area contributed by atoms with Crippen LogP contribution in [0.5, 0.6) is 0 Å². The average molecular weight is 248 g/mol. The molecule has 0 spiro atoms. The second-order valence-electron chi connectivity index (χ2n) is 5.46. The van der Waals surface area contributed by atoms with Gasteiger partial charge in [0, 0.05) is 12.6 Å². The highest BCUT2D eigenvalue weighted by molar-refractivity contribution is 7.90. The van der Waals surface area contributed by atoms with Gasteiger partial charge in [0.25, 0.3) is 0 Å². The molecular formula is C11H24N2O2S. The van der Waals surface area contributed by atoms with Crippen molar-refractivity contribution in [3.8, 4) is 0 Å². The Balaban J connectivity index is 2.79. The van der Waals surface area contributed by atoms with E-state index in [0.29, 0.717) is 13.1 Å². The number of hydrogen-bond donors (Lipinski definition) is 1. The third-order valence-corrected chi connectivity index (χ3v) is 5.79. The normalized spacial score (nSPS) is 23.9. The molecule has 1 unspecified atom stereocenters.